The quantitative estimate of drug-likeness (QED) is 0.259. The minimum Gasteiger partial charge on any atom is -0.240 e. The second-order valence-electron chi connectivity index (χ2n) is 4.19. The summed E-state index contributed by atoms with van der Waals surface area (Å²) in [7, 11) is 1.57. The summed E-state index contributed by atoms with van der Waals surface area (Å²) in [5.74, 6) is 1.27. The molecule has 1 unspecified atom stereocenters. The third-order valence-corrected chi connectivity index (χ3v) is 3.71. The molecule has 0 spiro atoms. The van der Waals surface area contributed by atoms with Gasteiger partial charge in [-0.2, -0.15) is 0 Å². The molecule has 3 heteroatoms. The lowest BCUT2D eigenvalue weighted by Crippen LogP contribution is -2.18. The molecule has 2 atom stereocenters. The normalized spacial score (nSPS) is 15.2. The van der Waals surface area contributed by atoms with Crippen molar-refractivity contribution in [1.82, 2.24) is 0 Å². The Balaban J connectivity index is 3.60. The molecule has 0 rings (SSSR count). The zero-order valence-electron chi connectivity index (χ0n) is 10.3. The highest BCUT2D eigenvalue weighted by atomic mass is 79.9. The number of hydrogen-bond donors (Lipinski definition) is 0. The van der Waals surface area contributed by atoms with Crippen LogP contribution in [0.25, 0.3) is 0 Å². The predicted octanol–water partition coefficient (Wildman–Crippen LogP) is 4.18. The molecule has 0 N–H and O–H groups in total. The van der Waals surface area contributed by atoms with Crippen molar-refractivity contribution in [2.45, 2.75) is 46.0 Å². The van der Waals surface area contributed by atoms with Gasteiger partial charge in [-0.15, -0.1) is 0 Å². The Morgan fingerprint density at radius 3 is 2.47 bits per heavy atom. The predicted molar refractivity (Wildman–Crippen MR) is 68.2 cm³/mol. The van der Waals surface area contributed by atoms with Crippen molar-refractivity contribution in [3.8, 4) is 0 Å². The van der Waals surface area contributed by atoms with Gasteiger partial charge in [0.15, 0.2) is 0 Å². The Kier molecular flexibility index (Phi) is 11.2. The second-order valence-corrected chi connectivity index (χ2v) is 4.84. The molecule has 0 aromatic carbocycles. The van der Waals surface area contributed by atoms with Gasteiger partial charge in [0.05, 0.1) is 13.7 Å². The van der Waals surface area contributed by atoms with E-state index in [1.54, 1.807) is 7.11 Å². The largest absolute Gasteiger partial charge is 0.240 e. The van der Waals surface area contributed by atoms with E-state index in [2.05, 4.69) is 34.7 Å². The van der Waals surface area contributed by atoms with Crippen LogP contribution >= 0.6 is 15.9 Å². The minimum atomic E-state index is 0.561. The average Bonchev–Trinajstić information content (AvgIpc) is 2.26. The van der Waals surface area contributed by atoms with E-state index in [4.69, 9.17) is 4.89 Å². The number of halogens is 1. The zero-order valence-corrected chi connectivity index (χ0v) is 11.9. The third-order valence-electron chi connectivity index (χ3n) is 2.88. The van der Waals surface area contributed by atoms with Crippen LogP contribution in [0.1, 0.15) is 46.0 Å². The summed E-state index contributed by atoms with van der Waals surface area (Å²) < 4.78 is 0. The van der Waals surface area contributed by atoms with Crippen LogP contribution < -0.4 is 0 Å². The standard InChI is InChI=1S/C12H25BrO2/c1-4-5-6-7-8-12(9-13)11(2)10-15-14-3/h11-12H,4-10H2,1-3H3/t11?,12-/m1/s1. The van der Waals surface area contributed by atoms with E-state index in [1.165, 1.54) is 32.1 Å². The maximum absolute atomic E-state index is 4.98. The molecule has 0 saturated heterocycles. The van der Waals surface area contributed by atoms with Gasteiger partial charge < -0.3 is 0 Å². The van der Waals surface area contributed by atoms with Crippen LogP contribution in [0.3, 0.4) is 0 Å². The molecule has 0 aromatic rings. The van der Waals surface area contributed by atoms with Crippen LogP contribution in [0, 0.1) is 11.8 Å². The first-order chi connectivity index (χ1) is 7.26. The van der Waals surface area contributed by atoms with E-state index in [9.17, 15) is 0 Å². The van der Waals surface area contributed by atoms with Crippen molar-refractivity contribution in [2.24, 2.45) is 11.8 Å². The Morgan fingerprint density at radius 2 is 1.93 bits per heavy atom. The molecule has 15 heavy (non-hydrogen) atoms. The van der Waals surface area contributed by atoms with E-state index >= 15 is 0 Å². The lowest BCUT2D eigenvalue weighted by atomic mass is 9.91. The first-order valence-corrected chi connectivity index (χ1v) is 7.09. The van der Waals surface area contributed by atoms with Gasteiger partial charge in [0.1, 0.15) is 0 Å². The summed E-state index contributed by atoms with van der Waals surface area (Å²) in [5.41, 5.74) is 0. The van der Waals surface area contributed by atoms with Gasteiger partial charge in [-0.3, -0.25) is 0 Å². The summed E-state index contributed by atoms with van der Waals surface area (Å²) in [6.45, 7) is 5.17. The summed E-state index contributed by atoms with van der Waals surface area (Å²) in [6.07, 6.45) is 6.65. The molecule has 0 bridgehead atoms. The lowest BCUT2D eigenvalue weighted by Gasteiger charge is -2.21. The summed E-state index contributed by atoms with van der Waals surface area (Å²) in [6, 6.07) is 0. The summed E-state index contributed by atoms with van der Waals surface area (Å²) in [5, 5.41) is 1.06. The van der Waals surface area contributed by atoms with Crippen LogP contribution in [0.15, 0.2) is 0 Å². The monoisotopic (exact) mass is 280 g/mol. The Hall–Kier alpha value is 0.400. The highest BCUT2D eigenvalue weighted by molar-refractivity contribution is 9.09. The molecular weight excluding hydrogens is 256 g/mol. The van der Waals surface area contributed by atoms with Crippen LogP contribution in [-0.2, 0) is 9.78 Å². The topological polar surface area (TPSA) is 18.5 Å². The molecule has 0 saturated carbocycles. The highest BCUT2D eigenvalue weighted by Crippen LogP contribution is 2.22. The van der Waals surface area contributed by atoms with E-state index in [0.29, 0.717) is 18.4 Å². The summed E-state index contributed by atoms with van der Waals surface area (Å²) in [4.78, 5) is 9.62. The van der Waals surface area contributed by atoms with Gasteiger partial charge in [0, 0.05) is 5.33 Å². The number of unbranched alkanes of at least 4 members (excludes halogenated alkanes) is 3. The van der Waals surface area contributed by atoms with Gasteiger partial charge in [0.25, 0.3) is 0 Å². The Morgan fingerprint density at radius 1 is 1.20 bits per heavy atom. The van der Waals surface area contributed by atoms with E-state index in [-0.39, 0.29) is 0 Å². The van der Waals surface area contributed by atoms with E-state index in [1.807, 2.05) is 0 Å². The maximum atomic E-state index is 4.98. The average molecular weight is 281 g/mol. The third kappa shape index (κ3) is 8.23. The molecule has 0 heterocycles. The maximum Gasteiger partial charge on any atom is 0.0850 e. The number of alkyl halides is 1. The van der Waals surface area contributed by atoms with Gasteiger partial charge in [-0.1, -0.05) is 55.5 Å². The number of rotatable bonds is 10. The first-order valence-electron chi connectivity index (χ1n) is 5.97. The van der Waals surface area contributed by atoms with Gasteiger partial charge in [-0.05, 0) is 18.3 Å². The van der Waals surface area contributed by atoms with Crippen molar-refractivity contribution in [2.75, 3.05) is 19.0 Å². The Bertz CT molecular complexity index is 131. The molecule has 0 fully saturated rings. The molecule has 2 nitrogen and oxygen atoms in total. The fourth-order valence-corrected chi connectivity index (χ4v) is 2.62. The van der Waals surface area contributed by atoms with E-state index < -0.39 is 0 Å². The van der Waals surface area contributed by atoms with Crippen LogP contribution in [-0.4, -0.2) is 19.0 Å². The SMILES string of the molecule is CCCCCC[C@H](CBr)C(C)COOC. The van der Waals surface area contributed by atoms with Crippen molar-refractivity contribution in [1.29, 1.82) is 0 Å². The first kappa shape index (κ1) is 15.4. The molecule has 0 aliphatic rings. The highest BCUT2D eigenvalue weighted by Gasteiger charge is 2.16. The molecule has 0 aromatic heterocycles. The van der Waals surface area contributed by atoms with Crippen molar-refractivity contribution >= 4 is 15.9 Å². The summed E-state index contributed by atoms with van der Waals surface area (Å²) >= 11 is 3.58. The van der Waals surface area contributed by atoms with Crippen LogP contribution in [0.4, 0.5) is 0 Å². The van der Waals surface area contributed by atoms with Crippen molar-refractivity contribution in [3.05, 3.63) is 0 Å². The van der Waals surface area contributed by atoms with Crippen molar-refractivity contribution in [3.63, 3.8) is 0 Å². The molecular formula is C12H25BrO2. The molecule has 92 valence electrons. The van der Waals surface area contributed by atoms with Crippen LogP contribution in [0.2, 0.25) is 0 Å². The fourth-order valence-electron chi connectivity index (χ4n) is 1.66. The smallest absolute Gasteiger partial charge is 0.0850 e. The van der Waals surface area contributed by atoms with Crippen LogP contribution in [0.5, 0.6) is 0 Å². The molecule has 0 radical (unpaired) electrons. The Labute approximate surface area is 103 Å². The minimum absolute atomic E-state index is 0.561. The number of hydrogen-bond acceptors (Lipinski definition) is 2. The second kappa shape index (κ2) is 10.9. The lowest BCUT2D eigenvalue weighted by molar-refractivity contribution is -0.281. The van der Waals surface area contributed by atoms with Crippen molar-refractivity contribution < 1.29 is 9.78 Å². The van der Waals surface area contributed by atoms with Gasteiger partial charge in [-0.25, -0.2) is 9.78 Å². The van der Waals surface area contributed by atoms with Gasteiger partial charge in [0.2, 0.25) is 0 Å². The van der Waals surface area contributed by atoms with E-state index in [0.717, 1.165) is 5.33 Å². The molecule has 0 aliphatic heterocycles. The fraction of sp³-hybridized carbons (Fsp3) is 1.00. The van der Waals surface area contributed by atoms with Gasteiger partial charge >= 0.3 is 0 Å². The molecule has 0 amide bonds. The zero-order chi connectivity index (χ0) is 11.5. The molecule has 0 aliphatic carbocycles.